The van der Waals surface area contributed by atoms with E-state index >= 15 is 0 Å². The maximum atomic E-state index is 12.8. The number of esters is 2. The smallest absolute Gasteiger partial charge is 0.311 e. The van der Waals surface area contributed by atoms with E-state index in [0.29, 0.717) is 20.4 Å². The summed E-state index contributed by atoms with van der Waals surface area (Å²) in [7, 11) is -3.39. The SMILES string of the molecule is O=C(C[C@@H]1CS(=O)(=O)C[C@@H]1CC(=O)Oc1ccc2ccccc2c1Br)Oc1ccc2ccccc2c1Br. The first-order valence-electron chi connectivity index (χ1n) is 11.7. The zero-order chi connectivity index (χ0) is 26.2. The van der Waals surface area contributed by atoms with Crippen molar-refractivity contribution < 1.29 is 27.5 Å². The molecular formula is C28H22Br2O6S. The summed E-state index contributed by atoms with van der Waals surface area (Å²) in [6.07, 6.45) is -0.230. The Morgan fingerprint density at radius 1 is 0.676 bits per heavy atom. The largest absolute Gasteiger partial charge is 0.425 e. The van der Waals surface area contributed by atoms with E-state index in [-0.39, 0.29) is 24.3 Å². The van der Waals surface area contributed by atoms with E-state index in [4.69, 9.17) is 9.47 Å². The van der Waals surface area contributed by atoms with Crippen LogP contribution >= 0.6 is 31.9 Å². The molecule has 0 unspecified atom stereocenters. The molecule has 0 bridgehead atoms. The molecule has 4 aromatic carbocycles. The third-order valence-corrected chi connectivity index (χ3v) is 10.1. The van der Waals surface area contributed by atoms with Gasteiger partial charge in [-0.3, -0.25) is 9.59 Å². The maximum absolute atomic E-state index is 12.8. The molecule has 0 N–H and O–H groups in total. The number of halogens is 2. The van der Waals surface area contributed by atoms with Crippen LogP contribution in [0.1, 0.15) is 12.8 Å². The molecule has 0 saturated carbocycles. The predicted octanol–water partition coefficient (Wildman–Crippen LogP) is 6.47. The molecule has 6 nitrogen and oxygen atoms in total. The molecule has 4 aromatic rings. The van der Waals surface area contributed by atoms with E-state index in [1.807, 2.05) is 60.7 Å². The van der Waals surface area contributed by atoms with Crippen molar-refractivity contribution in [3.63, 3.8) is 0 Å². The van der Waals surface area contributed by atoms with Crippen LogP contribution in [0.15, 0.2) is 81.7 Å². The maximum Gasteiger partial charge on any atom is 0.311 e. The molecule has 0 radical (unpaired) electrons. The Labute approximate surface area is 231 Å². The second kappa shape index (κ2) is 10.6. The zero-order valence-corrected chi connectivity index (χ0v) is 23.5. The Morgan fingerprint density at radius 2 is 1.08 bits per heavy atom. The van der Waals surface area contributed by atoms with E-state index in [9.17, 15) is 18.0 Å². The van der Waals surface area contributed by atoms with Crippen LogP contribution in [0.2, 0.25) is 0 Å². The van der Waals surface area contributed by atoms with E-state index in [0.717, 1.165) is 21.5 Å². The second-order valence-electron chi connectivity index (χ2n) is 9.15. The van der Waals surface area contributed by atoms with Crippen molar-refractivity contribution in [1.29, 1.82) is 0 Å². The summed E-state index contributed by atoms with van der Waals surface area (Å²) >= 11 is 7.00. The van der Waals surface area contributed by atoms with Crippen LogP contribution in [-0.2, 0) is 19.4 Å². The lowest BCUT2D eigenvalue weighted by atomic mass is 9.90. The van der Waals surface area contributed by atoms with Crippen molar-refractivity contribution >= 4 is 75.2 Å². The number of hydrogen-bond donors (Lipinski definition) is 0. The highest BCUT2D eigenvalue weighted by molar-refractivity contribution is 9.11. The van der Waals surface area contributed by atoms with Gasteiger partial charge < -0.3 is 9.47 Å². The lowest BCUT2D eigenvalue weighted by Crippen LogP contribution is -2.23. The minimum absolute atomic E-state index is 0.115. The summed E-state index contributed by atoms with van der Waals surface area (Å²) in [6, 6.07) is 22.5. The number of carbonyl (C=O) groups excluding carboxylic acids is 2. The van der Waals surface area contributed by atoms with Gasteiger partial charge in [-0.05, 0) is 77.4 Å². The monoisotopic (exact) mass is 644 g/mol. The Morgan fingerprint density at radius 3 is 1.51 bits per heavy atom. The van der Waals surface area contributed by atoms with Crippen LogP contribution in [0.5, 0.6) is 11.5 Å². The summed E-state index contributed by atoms with van der Waals surface area (Å²) in [5, 5.41) is 3.79. The number of rotatable bonds is 6. The highest BCUT2D eigenvalue weighted by atomic mass is 79.9. The molecule has 1 aliphatic heterocycles. The minimum atomic E-state index is -3.39. The molecular weight excluding hydrogens is 624 g/mol. The van der Waals surface area contributed by atoms with Crippen LogP contribution < -0.4 is 9.47 Å². The van der Waals surface area contributed by atoms with Gasteiger partial charge in [-0.1, -0.05) is 60.7 Å². The first-order valence-corrected chi connectivity index (χ1v) is 15.1. The number of fused-ring (bicyclic) bond motifs is 2. The Balaban J connectivity index is 1.27. The van der Waals surface area contributed by atoms with E-state index in [1.165, 1.54) is 0 Å². The highest BCUT2D eigenvalue weighted by Crippen LogP contribution is 2.37. The third-order valence-electron chi connectivity index (χ3n) is 6.56. The van der Waals surface area contributed by atoms with Gasteiger partial charge in [0.15, 0.2) is 9.84 Å². The summed E-state index contributed by atoms with van der Waals surface area (Å²) in [5.41, 5.74) is 0. The molecule has 0 aliphatic carbocycles. The van der Waals surface area contributed by atoms with Gasteiger partial charge in [0.05, 0.1) is 33.3 Å². The van der Waals surface area contributed by atoms with E-state index < -0.39 is 33.6 Å². The van der Waals surface area contributed by atoms with Crippen molar-refractivity contribution in [2.75, 3.05) is 11.5 Å². The van der Waals surface area contributed by atoms with E-state index in [2.05, 4.69) is 31.9 Å². The topological polar surface area (TPSA) is 86.7 Å². The summed E-state index contributed by atoms with van der Waals surface area (Å²) in [5.74, 6) is -1.78. The average Bonchev–Trinajstić information content (AvgIpc) is 3.15. The molecule has 0 aromatic heterocycles. The number of carbonyl (C=O) groups is 2. The van der Waals surface area contributed by atoms with Gasteiger partial charge in [-0.25, -0.2) is 8.42 Å². The van der Waals surface area contributed by atoms with Crippen molar-refractivity contribution in [2.45, 2.75) is 12.8 Å². The second-order valence-corrected chi connectivity index (χ2v) is 12.9. The van der Waals surface area contributed by atoms with Crippen molar-refractivity contribution in [2.24, 2.45) is 11.8 Å². The first kappa shape index (κ1) is 25.9. The molecule has 2 atom stereocenters. The van der Waals surface area contributed by atoms with Crippen molar-refractivity contribution in [1.82, 2.24) is 0 Å². The third kappa shape index (κ3) is 5.73. The fourth-order valence-corrected chi connectivity index (χ4v) is 8.15. The molecule has 0 amide bonds. The Bertz CT molecular complexity index is 1520. The fourth-order valence-electron chi connectivity index (χ4n) is 4.79. The van der Waals surface area contributed by atoms with Crippen LogP contribution in [0.25, 0.3) is 21.5 Å². The number of ether oxygens (including phenoxy) is 2. The van der Waals surface area contributed by atoms with Crippen LogP contribution in [0, 0.1) is 11.8 Å². The number of sulfone groups is 1. The molecule has 0 spiro atoms. The Hall–Kier alpha value is -2.75. The zero-order valence-electron chi connectivity index (χ0n) is 19.5. The van der Waals surface area contributed by atoms with Gasteiger partial charge in [0.2, 0.25) is 0 Å². The summed E-state index contributed by atoms with van der Waals surface area (Å²) in [4.78, 5) is 25.6. The quantitative estimate of drug-likeness (QED) is 0.176. The Kier molecular flexibility index (Phi) is 7.38. The lowest BCUT2D eigenvalue weighted by Gasteiger charge is -2.17. The predicted molar refractivity (Wildman–Crippen MR) is 149 cm³/mol. The molecule has 37 heavy (non-hydrogen) atoms. The fraction of sp³-hybridized carbons (Fsp3) is 0.214. The molecule has 1 aliphatic rings. The summed E-state index contributed by atoms with van der Waals surface area (Å²) in [6.45, 7) is 0. The molecule has 5 rings (SSSR count). The molecule has 190 valence electrons. The highest BCUT2D eigenvalue weighted by Gasteiger charge is 2.40. The van der Waals surface area contributed by atoms with Gasteiger partial charge in [-0.2, -0.15) is 0 Å². The van der Waals surface area contributed by atoms with Crippen LogP contribution in [-0.4, -0.2) is 31.9 Å². The van der Waals surface area contributed by atoms with Crippen molar-refractivity contribution in [3.05, 3.63) is 81.7 Å². The molecule has 9 heteroatoms. The van der Waals surface area contributed by atoms with Crippen molar-refractivity contribution in [3.8, 4) is 11.5 Å². The summed E-state index contributed by atoms with van der Waals surface area (Å²) < 4.78 is 37.3. The minimum Gasteiger partial charge on any atom is -0.425 e. The number of hydrogen-bond acceptors (Lipinski definition) is 6. The van der Waals surface area contributed by atoms with Gasteiger partial charge >= 0.3 is 11.9 Å². The van der Waals surface area contributed by atoms with E-state index in [1.54, 1.807) is 12.1 Å². The van der Waals surface area contributed by atoms with Gasteiger partial charge in [0.1, 0.15) is 11.5 Å². The average molecular weight is 646 g/mol. The lowest BCUT2D eigenvalue weighted by molar-refractivity contribution is -0.138. The number of benzene rings is 4. The normalized spacial score (nSPS) is 18.6. The van der Waals surface area contributed by atoms with Crippen LogP contribution in [0.4, 0.5) is 0 Å². The molecule has 1 saturated heterocycles. The molecule has 1 fully saturated rings. The van der Waals surface area contributed by atoms with Crippen LogP contribution in [0.3, 0.4) is 0 Å². The van der Waals surface area contributed by atoms with Gasteiger partial charge in [0.25, 0.3) is 0 Å². The molecule has 1 heterocycles. The first-order chi connectivity index (χ1) is 17.7. The van der Waals surface area contributed by atoms with Gasteiger partial charge in [0, 0.05) is 0 Å². The van der Waals surface area contributed by atoms with Gasteiger partial charge in [-0.15, -0.1) is 0 Å². The standard InChI is InChI=1S/C28H22Br2O6S/c29-27-21-7-3-1-5-17(21)9-11-23(27)35-25(31)13-19-15-37(33,34)16-20(19)14-26(32)36-24-12-10-18-6-2-4-8-22(18)28(24)30/h1-12,19-20H,13-16H2/t19-,20+.